The summed E-state index contributed by atoms with van der Waals surface area (Å²) in [6.45, 7) is 2.43. The van der Waals surface area contributed by atoms with E-state index in [0.717, 1.165) is 16.7 Å². The number of rotatable bonds is 4. The molecule has 0 atom stereocenters. The fourth-order valence-corrected chi connectivity index (χ4v) is 1.53. The van der Waals surface area contributed by atoms with E-state index < -0.39 is 0 Å². The highest BCUT2D eigenvalue weighted by Crippen LogP contribution is 2.31. The number of nitrogens with zero attached hydrogens (tertiary/aromatic N) is 2. The standard InChI is InChI=1S/C10H8N2OS2/c1-2-13-10-5-8(15-6-11)3-4-9(10)12-7-14/h3-5H,2H2,1H3. The van der Waals surface area contributed by atoms with Crippen molar-refractivity contribution in [1.29, 1.82) is 5.26 Å². The molecule has 0 saturated carbocycles. The van der Waals surface area contributed by atoms with E-state index in [1.807, 2.05) is 12.3 Å². The number of ether oxygens (including phenoxy) is 1. The monoisotopic (exact) mass is 236 g/mol. The van der Waals surface area contributed by atoms with E-state index in [4.69, 9.17) is 10.00 Å². The SMILES string of the molecule is CCOc1cc(SC#N)ccc1N=C=S. The summed E-state index contributed by atoms with van der Waals surface area (Å²) in [6, 6.07) is 5.31. The summed E-state index contributed by atoms with van der Waals surface area (Å²) in [5.41, 5.74) is 0.633. The second-order valence-electron chi connectivity index (χ2n) is 2.46. The Bertz CT molecular complexity index is 434. The van der Waals surface area contributed by atoms with Crippen LogP contribution in [0.3, 0.4) is 0 Å². The predicted octanol–water partition coefficient (Wildman–Crippen LogP) is 3.39. The third-order valence-electron chi connectivity index (χ3n) is 1.56. The summed E-state index contributed by atoms with van der Waals surface area (Å²) in [4.78, 5) is 4.70. The van der Waals surface area contributed by atoms with Gasteiger partial charge in [0.15, 0.2) is 0 Å². The highest BCUT2D eigenvalue weighted by Gasteiger charge is 2.04. The van der Waals surface area contributed by atoms with Crippen molar-refractivity contribution in [2.24, 2.45) is 4.99 Å². The van der Waals surface area contributed by atoms with Gasteiger partial charge in [-0.15, -0.1) is 0 Å². The molecule has 0 fully saturated rings. The van der Waals surface area contributed by atoms with Crippen LogP contribution in [0.5, 0.6) is 5.75 Å². The number of hydrogen-bond acceptors (Lipinski definition) is 5. The summed E-state index contributed by atoms with van der Waals surface area (Å²) >= 11 is 5.61. The molecule has 76 valence electrons. The van der Waals surface area contributed by atoms with E-state index in [9.17, 15) is 0 Å². The van der Waals surface area contributed by atoms with Gasteiger partial charge in [-0.2, -0.15) is 10.3 Å². The number of isothiocyanates is 1. The van der Waals surface area contributed by atoms with Crippen molar-refractivity contribution in [3.8, 4) is 11.2 Å². The lowest BCUT2D eigenvalue weighted by Crippen LogP contribution is -1.91. The Labute approximate surface area is 97.8 Å². The van der Waals surface area contributed by atoms with Gasteiger partial charge in [-0.3, -0.25) is 0 Å². The highest BCUT2D eigenvalue weighted by molar-refractivity contribution is 8.03. The molecule has 5 heteroatoms. The smallest absolute Gasteiger partial charge is 0.146 e. The molecular weight excluding hydrogens is 228 g/mol. The maximum atomic E-state index is 8.53. The van der Waals surface area contributed by atoms with Crippen molar-refractivity contribution in [3.63, 3.8) is 0 Å². The summed E-state index contributed by atoms with van der Waals surface area (Å²) in [7, 11) is 0. The Morgan fingerprint density at radius 2 is 2.40 bits per heavy atom. The molecule has 1 rings (SSSR count). The topological polar surface area (TPSA) is 45.4 Å². The lowest BCUT2D eigenvalue weighted by molar-refractivity contribution is 0.341. The molecule has 15 heavy (non-hydrogen) atoms. The normalized spacial score (nSPS) is 8.80. The zero-order chi connectivity index (χ0) is 11.1. The van der Waals surface area contributed by atoms with Crippen LogP contribution in [0.4, 0.5) is 5.69 Å². The average molecular weight is 236 g/mol. The molecule has 0 amide bonds. The van der Waals surface area contributed by atoms with Gasteiger partial charge in [0.25, 0.3) is 0 Å². The van der Waals surface area contributed by atoms with Crippen LogP contribution in [0, 0.1) is 10.7 Å². The number of aliphatic imine (C=N–C) groups is 1. The maximum absolute atomic E-state index is 8.53. The van der Waals surface area contributed by atoms with E-state index >= 15 is 0 Å². The van der Waals surface area contributed by atoms with Gasteiger partial charge in [0.05, 0.1) is 11.8 Å². The Morgan fingerprint density at radius 3 is 3.00 bits per heavy atom. The zero-order valence-electron chi connectivity index (χ0n) is 8.06. The van der Waals surface area contributed by atoms with E-state index in [-0.39, 0.29) is 0 Å². The van der Waals surface area contributed by atoms with Gasteiger partial charge in [-0.1, -0.05) is 0 Å². The van der Waals surface area contributed by atoms with Gasteiger partial charge in [0.1, 0.15) is 16.8 Å². The van der Waals surface area contributed by atoms with Gasteiger partial charge in [-0.25, -0.2) is 0 Å². The van der Waals surface area contributed by atoms with Crippen LogP contribution in [0.2, 0.25) is 0 Å². The number of thioether (sulfide) groups is 1. The number of benzene rings is 1. The van der Waals surface area contributed by atoms with Crippen molar-refractivity contribution in [1.82, 2.24) is 0 Å². The van der Waals surface area contributed by atoms with E-state index in [0.29, 0.717) is 18.0 Å². The van der Waals surface area contributed by atoms with Gasteiger partial charge in [-0.05, 0) is 49.1 Å². The number of thiocarbonyl (C=S) groups is 1. The van der Waals surface area contributed by atoms with Gasteiger partial charge >= 0.3 is 0 Å². The summed E-state index contributed by atoms with van der Waals surface area (Å²) in [5, 5.41) is 12.8. The van der Waals surface area contributed by atoms with Crippen LogP contribution in [0.25, 0.3) is 0 Å². The molecule has 0 saturated heterocycles. The molecule has 0 spiro atoms. The van der Waals surface area contributed by atoms with Crippen LogP contribution in [0.1, 0.15) is 6.92 Å². The van der Waals surface area contributed by atoms with Crippen LogP contribution in [-0.4, -0.2) is 11.8 Å². The minimum Gasteiger partial charge on any atom is -0.492 e. The molecule has 0 aromatic heterocycles. The highest BCUT2D eigenvalue weighted by atomic mass is 32.2. The van der Waals surface area contributed by atoms with Gasteiger partial charge in [0, 0.05) is 4.90 Å². The fraction of sp³-hybridized carbons (Fsp3) is 0.200. The Kier molecular flexibility index (Phi) is 4.85. The fourth-order valence-electron chi connectivity index (χ4n) is 1.02. The van der Waals surface area contributed by atoms with Crippen molar-refractivity contribution in [3.05, 3.63) is 18.2 Å². The second kappa shape index (κ2) is 6.20. The third-order valence-corrected chi connectivity index (χ3v) is 2.23. The molecule has 0 aliphatic carbocycles. The molecule has 1 aromatic carbocycles. The first-order chi connectivity index (χ1) is 7.31. The van der Waals surface area contributed by atoms with Crippen molar-refractivity contribution in [2.75, 3.05) is 6.61 Å². The molecule has 0 bridgehead atoms. The van der Waals surface area contributed by atoms with E-state index in [1.54, 1.807) is 18.2 Å². The lowest BCUT2D eigenvalue weighted by Gasteiger charge is -2.06. The summed E-state index contributed by atoms with van der Waals surface area (Å²) in [6.07, 6.45) is 0. The Balaban J connectivity index is 3.09. The minimum absolute atomic E-state index is 0.542. The Morgan fingerprint density at radius 1 is 1.60 bits per heavy atom. The first kappa shape index (κ1) is 11.7. The van der Waals surface area contributed by atoms with Crippen molar-refractivity contribution >= 4 is 34.8 Å². The molecule has 0 aliphatic rings. The molecule has 3 nitrogen and oxygen atoms in total. The summed E-state index contributed by atoms with van der Waals surface area (Å²) in [5.74, 6) is 0.620. The molecule has 0 heterocycles. The lowest BCUT2D eigenvalue weighted by atomic mass is 10.3. The van der Waals surface area contributed by atoms with Gasteiger partial charge in [0.2, 0.25) is 0 Å². The van der Waals surface area contributed by atoms with Crippen LogP contribution in [0.15, 0.2) is 28.1 Å². The second-order valence-corrected chi connectivity index (χ2v) is 3.50. The summed E-state index contributed by atoms with van der Waals surface area (Å²) < 4.78 is 5.37. The minimum atomic E-state index is 0.542. The first-order valence-electron chi connectivity index (χ1n) is 4.22. The van der Waals surface area contributed by atoms with E-state index in [2.05, 4.69) is 22.4 Å². The van der Waals surface area contributed by atoms with Crippen LogP contribution < -0.4 is 4.74 Å². The van der Waals surface area contributed by atoms with Crippen molar-refractivity contribution < 1.29 is 4.74 Å². The van der Waals surface area contributed by atoms with Gasteiger partial charge < -0.3 is 4.74 Å². The Hall–Kier alpha value is -1.34. The average Bonchev–Trinajstić information content (AvgIpc) is 2.23. The molecule has 0 N–H and O–H groups in total. The first-order valence-corrected chi connectivity index (χ1v) is 5.45. The quantitative estimate of drug-likeness (QED) is 0.348. The molecule has 1 aromatic rings. The number of nitriles is 1. The molecule has 0 aliphatic heterocycles. The van der Waals surface area contributed by atoms with Crippen LogP contribution in [-0.2, 0) is 0 Å². The number of hydrogen-bond donors (Lipinski definition) is 0. The van der Waals surface area contributed by atoms with Crippen LogP contribution >= 0.6 is 24.0 Å². The predicted molar refractivity (Wildman–Crippen MR) is 63.8 cm³/mol. The maximum Gasteiger partial charge on any atom is 0.146 e. The molecule has 0 unspecified atom stereocenters. The van der Waals surface area contributed by atoms with Crippen molar-refractivity contribution in [2.45, 2.75) is 11.8 Å². The molecule has 0 radical (unpaired) electrons. The number of thiocyanates is 1. The largest absolute Gasteiger partial charge is 0.492 e. The van der Waals surface area contributed by atoms with E-state index in [1.165, 1.54) is 0 Å². The third kappa shape index (κ3) is 3.37. The molecular formula is C10H8N2OS2. The zero-order valence-corrected chi connectivity index (χ0v) is 9.69.